The molecule has 1 amide bonds. The van der Waals surface area contributed by atoms with Crippen LogP contribution in [0, 0.1) is 4.78 Å². The first-order valence-corrected chi connectivity index (χ1v) is 10.6. The molecule has 146 valence electrons. The van der Waals surface area contributed by atoms with Crippen LogP contribution in [0.25, 0.3) is 11.1 Å². The molecule has 0 spiro atoms. The van der Waals surface area contributed by atoms with Gasteiger partial charge in [0.1, 0.15) is 5.03 Å². The van der Waals surface area contributed by atoms with E-state index in [1.54, 1.807) is 36.4 Å². The van der Waals surface area contributed by atoms with Gasteiger partial charge in [-0.25, -0.2) is 18.4 Å². The van der Waals surface area contributed by atoms with Crippen molar-refractivity contribution in [2.45, 2.75) is 28.7 Å². The minimum Gasteiger partial charge on any atom is -0.362 e. The maximum absolute atomic E-state index is 13.4. The predicted molar refractivity (Wildman–Crippen MR) is 103 cm³/mol. The van der Waals surface area contributed by atoms with Gasteiger partial charge in [-0.3, -0.25) is 4.79 Å². The Morgan fingerprint density at radius 2 is 1.85 bits per heavy atom. The molecule has 1 aromatic heterocycles. The molecule has 0 bridgehead atoms. The van der Waals surface area contributed by atoms with Gasteiger partial charge in [0.25, 0.3) is 5.91 Å². The fourth-order valence-electron chi connectivity index (χ4n) is 2.33. The summed E-state index contributed by atoms with van der Waals surface area (Å²) in [6.45, 7) is 0. The lowest BCUT2D eigenvalue weighted by atomic mass is 10.0. The van der Waals surface area contributed by atoms with Gasteiger partial charge in [0, 0.05) is 18.0 Å². The molecule has 0 radical (unpaired) electrons. The molecule has 0 saturated carbocycles. The van der Waals surface area contributed by atoms with E-state index in [-0.39, 0.29) is 11.4 Å². The van der Waals surface area contributed by atoms with Crippen molar-refractivity contribution in [2.75, 3.05) is 6.26 Å². The number of aliphatic hydroxyl groups is 1. The largest absolute Gasteiger partial charge is 0.362 e. The number of nitrogens with one attached hydrogen (secondary N) is 2. The van der Waals surface area contributed by atoms with Crippen molar-refractivity contribution in [3.05, 3.63) is 48.2 Å². The Hall–Kier alpha value is -1.74. The average molecular weight is 434 g/mol. The van der Waals surface area contributed by atoms with Gasteiger partial charge in [-0.15, -0.1) is 0 Å². The van der Waals surface area contributed by atoms with Crippen LogP contribution < -0.4 is 5.32 Å². The monoisotopic (exact) mass is 433 g/mol. The van der Waals surface area contributed by atoms with Crippen LogP contribution in [0.5, 0.6) is 0 Å². The second-order valence-electron chi connectivity index (χ2n) is 5.92. The number of nitrogens with zero attached hydrogens (tertiary/aromatic N) is 1. The SMILES string of the molecule is CS(=N)(=O)c1ccc(-c2ccc(C[C@H](NC(=O)C(Cl)Cl)C(O)F)cc2)cn1. The van der Waals surface area contributed by atoms with Crippen LogP contribution in [0.15, 0.2) is 47.6 Å². The number of carbonyl (C=O) groups excluding carboxylic acids is 1. The maximum atomic E-state index is 13.4. The minimum absolute atomic E-state index is 0.0398. The lowest BCUT2D eigenvalue weighted by Crippen LogP contribution is -2.45. The lowest BCUT2D eigenvalue weighted by Gasteiger charge is -2.19. The normalized spacial score (nSPS) is 15.8. The van der Waals surface area contributed by atoms with Crippen molar-refractivity contribution < 1.29 is 18.5 Å². The van der Waals surface area contributed by atoms with Crippen LogP contribution >= 0.6 is 23.2 Å². The first-order chi connectivity index (χ1) is 12.6. The summed E-state index contributed by atoms with van der Waals surface area (Å²) in [7, 11) is -2.87. The second-order valence-corrected chi connectivity index (χ2v) is 9.12. The summed E-state index contributed by atoms with van der Waals surface area (Å²) < 4.78 is 32.5. The number of hydrogen-bond donors (Lipinski definition) is 3. The number of halogens is 3. The molecule has 3 N–H and O–H groups in total. The first kappa shape index (κ1) is 21.6. The lowest BCUT2D eigenvalue weighted by molar-refractivity contribution is -0.122. The van der Waals surface area contributed by atoms with Crippen molar-refractivity contribution in [1.82, 2.24) is 10.3 Å². The Balaban J connectivity index is 2.13. The highest BCUT2D eigenvalue weighted by molar-refractivity contribution is 7.91. The van der Waals surface area contributed by atoms with Gasteiger partial charge in [-0.1, -0.05) is 53.5 Å². The number of alkyl halides is 3. The Kier molecular flexibility index (Phi) is 7.16. The van der Waals surface area contributed by atoms with Crippen LogP contribution in [-0.4, -0.2) is 43.7 Å². The predicted octanol–water partition coefficient (Wildman–Crippen LogP) is 2.90. The van der Waals surface area contributed by atoms with E-state index in [0.717, 1.165) is 11.1 Å². The number of benzene rings is 1. The van der Waals surface area contributed by atoms with Crippen LogP contribution in [-0.2, 0) is 20.9 Å². The molecule has 0 aliphatic rings. The summed E-state index contributed by atoms with van der Waals surface area (Å²) in [6, 6.07) is 9.05. The number of hydrogen-bond acceptors (Lipinski definition) is 5. The summed E-state index contributed by atoms with van der Waals surface area (Å²) in [5, 5.41) is 11.7. The molecule has 0 saturated heterocycles. The summed E-state index contributed by atoms with van der Waals surface area (Å²) in [5.41, 5.74) is 2.25. The molecule has 2 aromatic rings. The quantitative estimate of drug-likeness (QED) is 0.583. The molecular weight excluding hydrogens is 416 g/mol. The molecule has 2 unspecified atom stereocenters. The molecule has 6 nitrogen and oxygen atoms in total. The smallest absolute Gasteiger partial charge is 0.253 e. The highest BCUT2D eigenvalue weighted by Crippen LogP contribution is 2.21. The van der Waals surface area contributed by atoms with Gasteiger partial charge in [-0.2, -0.15) is 0 Å². The molecule has 1 aromatic carbocycles. The summed E-state index contributed by atoms with van der Waals surface area (Å²) in [6.07, 6.45) is 0.594. The third kappa shape index (κ3) is 6.14. The molecule has 0 aliphatic heterocycles. The van der Waals surface area contributed by atoms with Gasteiger partial charge in [0.2, 0.25) is 6.36 Å². The topological polar surface area (TPSA) is 103 Å². The number of rotatable bonds is 7. The molecule has 0 fully saturated rings. The highest BCUT2D eigenvalue weighted by atomic mass is 35.5. The van der Waals surface area contributed by atoms with E-state index in [2.05, 4.69) is 10.3 Å². The Bertz CT molecular complexity index is 889. The minimum atomic E-state index is -2.87. The van der Waals surface area contributed by atoms with Crippen molar-refractivity contribution in [1.29, 1.82) is 4.78 Å². The van der Waals surface area contributed by atoms with E-state index in [1.807, 2.05) is 0 Å². The molecule has 1 heterocycles. The number of amides is 1. The average Bonchev–Trinajstić information content (AvgIpc) is 2.61. The van der Waals surface area contributed by atoms with Crippen LogP contribution in [0.2, 0.25) is 0 Å². The zero-order chi connectivity index (χ0) is 20.2. The molecule has 10 heteroatoms. The summed E-state index contributed by atoms with van der Waals surface area (Å²) in [4.78, 5) is 14.2. The van der Waals surface area contributed by atoms with Crippen molar-refractivity contribution >= 4 is 38.8 Å². The van der Waals surface area contributed by atoms with Gasteiger partial charge in [0.05, 0.1) is 15.8 Å². The van der Waals surface area contributed by atoms with E-state index in [0.29, 0.717) is 5.56 Å². The summed E-state index contributed by atoms with van der Waals surface area (Å²) >= 11 is 10.8. The van der Waals surface area contributed by atoms with Crippen LogP contribution in [0.1, 0.15) is 5.56 Å². The second kappa shape index (κ2) is 8.97. The number of pyridine rings is 1. The third-order valence-electron chi connectivity index (χ3n) is 3.74. The van der Waals surface area contributed by atoms with E-state index in [1.165, 1.54) is 12.5 Å². The Morgan fingerprint density at radius 3 is 2.30 bits per heavy atom. The summed E-state index contributed by atoms with van der Waals surface area (Å²) in [5.74, 6) is -0.787. The van der Waals surface area contributed by atoms with Gasteiger partial charge < -0.3 is 10.4 Å². The molecule has 0 aliphatic carbocycles. The van der Waals surface area contributed by atoms with Crippen molar-refractivity contribution in [3.8, 4) is 11.1 Å². The van der Waals surface area contributed by atoms with Gasteiger partial charge >= 0.3 is 0 Å². The van der Waals surface area contributed by atoms with E-state index in [4.69, 9.17) is 28.0 Å². The van der Waals surface area contributed by atoms with Gasteiger partial charge in [0.15, 0.2) is 4.84 Å². The Morgan fingerprint density at radius 1 is 1.26 bits per heavy atom. The fourth-order valence-corrected chi connectivity index (χ4v) is 3.04. The van der Waals surface area contributed by atoms with Crippen molar-refractivity contribution in [3.63, 3.8) is 0 Å². The fraction of sp³-hybridized carbons (Fsp3) is 0.294. The number of aliphatic hydroxyl groups excluding tert-OH is 1. The van der Waals surface area contributed by atoms with Crippen LogP contribution in [0.4, 0.5) is 4.39 Å². The molecule has 2 rings (SSSR count). The third-order valence-corrected chi connectivity index (χ3v) is 5.17. The molecule has 3 atom stereocenters. The molecular formula is C17H18Cl2FN3O3S. The van der Waals surface area contributed by atoms with Crippen LogP contribution in [0.3, 0.4) is 0 Å². The first-order valence-electron chi connectivity index (χ1n) is 7.78. The number of aromatic nitrogens is 1. The highest BCUT2D eigenvalue weighted by Gasteiger charge is 2.23. The zero-order valence-corrected chi connectivity index (χ0v) is 16.6. The molecule has 27 heavy (non-hydrogen) atoms. The Labute approximate surface area is 166 Å². The number of carbonyl (C=O) groups is 1. The maximum Gasteiger partial charge on any atom is 0.253 e. The van der Waals surface area contributed by atoms with E-state index >= 15 is 0 Å². The zero-order valence-electron chi connectivity index (χ0n) is 14.2. The van der Waals surface area contributed by atoms with Gasteiger partial charge in [-0.05, 0) is 23.6 Å². The standard InChI is InChI=1S/C17H18Cl2FN3O3S/c1-27(21,26)14-7-6-12(9-22-14)11-4-2-10(3-5-11)8-13(16(20)24)23-17(25)15(18)19/h2-7,9,13,15-16,21,24H,8H2,1H3,(H,23,25)/t13-,16?,27?/m0/s1. The van der Waals surface area contributed by atoms with E-state index in [9.17, 15) is 18.5 Å². The van der Waals surface area contributed by atoms with Crippen molar-refractivity contribution in [2.24, 2.45) is 0 Å². The van der Waals surface area contributed by atoms with E-state index < -0.39 is 32.9 Å².